The molecule has 2 rings (SSSR count). The maximum absolute atomic E-state index is 12.0. The van der Waals surface area contributed by atoms with E-state index in [-0.39, 0.29) is 5.75 Å². The van der Waals surface area contributed by atoms with Crippen LogP contribution in [0.15, 0.2) is 39.5 Å². The Morgan fingerprint density at radius 1 is 1.17 bits per heavy atom. The summed E-state index contributed by atoms with van der Waals surface area (Å²) in [6.07, 6.45) is -0.712. The molecular weight excluding hydrogens is 314 g/mol. The van der Waals surface area contributed by atoms with Crippen molar-refractivity contribution >= 4 is 23.0 Å². The molecule has 1 aromatic carbocycles. The molecule has 1 heterocycles. The van der Waals surface area contributed by atoms with Gasteiger partial charge in [0.05, 0.1) is 0 Å². The molecule has 0 spiro atoms. The van der Waals surface area contributed by atoms with Gasteiger partial charge >= 0.3 is 17.7 Å². The van der Waals surface area contributed by atoms with Gasteiger partial charge in [-0.05, 0) is 45.9 Å². The lowest BCUT2D eigenvalue weighted by atomic mass is 10.2. The summed E-state index contributed by atoms with van der Waals surface area (Å²) in [4.78, 5) is 34.9. The number of hydrogen-bond donors (Lipinski definition) is 1. The van der Waals surface area contributed by atoms with E-state index in [9.17, 15) is 14.4 Å². The van der Waals surface area contributed by atoms with Gasteiger partial charge in [0.15, 0.2) is 0 Å². The summed E-state index contributed by atoms with van der Waals surface area (Å²) >= 11 is 0. The molecule has 1 aromatic heterocycles. The number of esters is 1. The van der Waals surface area contributed by atoms with Gasteiger partial charge in [-0.3, -0.25) is 0 Å². The van der Waals surface area contributed by atoms with E-state index in [1.807, 2.05) is 0 Å². The summed E-state index contributed by atoms with van der Waals surface area (Å²) in [5.74, 6) is -0.460. The molecule has 128 valence electrons. The number of ether oxygens (including phenoxy) is 2. The molecule has 0 aliphatic rings. The van der Waals surface area contributed by atoms with Crippen molar-refractivity contribution in [3.8, 4) is 5.75 Å². The minimum Gasteiger partial charge on any atom is -0.444 e. The SMILES string of the molecule is C[C@H](NC(=O)OC(C)(C)C)C(=O)Oc1ccc2ccc(=O)oc2c1. The summed E-state index contributed by atoms with van der Waals surface area (Å²) < 4.78 is 15.3. The van der Waals surface area contributed by atoms with Gasteiger partial charge in [0.25, 0.3) is 0 Å². The quantitative estimate of drug-likeness (QED) is 0.527. The second-order valence-corrected chi connectivity index (χ2v) is 6.24. The molecule has 7 heteroatoms. The van der Waals surface area contributed by atoms with Gasteiger partial charge in [-0.25, -0.2) is 14.4 Å². The standard InChI is InChI=1S/C17H19NO6/c1-10(18-16(21)24-17(2,3)4)15(20)22-12-7-5-11-6-8-14(19)23-13(11)9-12/h5-10H,1-4H3,(H,18,21)/t10-/m0/s1. The fourth-order valence-electron chi connectivity index (χ4n) is 1.85. The van der Waals surface area contributed by atoms with E-state index in [1.54, 1.807) is 39.0 Å². The van der Waals surface area contributed by atoms with E-state index < -0.39 is 29.3 Å². The molecule has 0 radical (unpaired) electrons. The van der Waals surface area contributed by atoms with E-state index in [0.29, 0.717) is 11.0 Å². The Balaban J connectivity index is 2.03. The van der Waals surface area contributed by atoms with Crippen LogP contribution in [-0.4, -0.2) is 23.7 Å². The zero-order chi connectivity index (χ0) is 17.9. The van der Waals surface area contributed by atoms with Crippen LogP contribution in [-0.2, 0) is 9.53 Å². The summed E-state index contributed by atoms with van der Waals surface area (Å²) in [5, 5.41) is 3.10. The number of rotatable bonds is 3. The Bertz CT molecular complexity index is 818. The van der Waals surface area contributed by atoms with Crippen molar-refractivity contribution in [1.29, 1.82) is 0 Å². The summed E-state index contributed by atoms with van der Waals surface area (Å²) in [6.45, 7) is 6.64. The second-order valence-electron chi connectivity index (χ2n) is 6.24. The van der Waals surface area contributed by atoms with E-state index in [4.69, 9.17) is 13.9 Å². The number of nitrogens with one attached hydrogen (secondary N) is 1. The maximum Gasteiger partial charge on any atom is 0.408 e. The minimum atomic E-state index is -0.904. The first-order valence-electron chi connectivity index (χ1n) is 7.39. The van der Waals surface area contributed by atoms with Gasteiger partial charge in [0.1, 0.15) is 23.0 Å². The van der Waals surface area contributed by atoms with Crippen molar-refractivity contribution in [2.45, 2.75) is 39.3 Å². The van der Waals surface area contributed by atoms with E-state index in [2.05, 4.69) is 5.32 Å². The van der Waals surface area contributed by atoms with Crippen LogP contribution >= 0.6 is 0 Å². The Labute approximate surface area is 138 Å². The van der Waals surface area contributed by atoms with Crippen LogP contribution < -0.4 is 15.7 Å². The number of alkyl carbamates (subject to hydrolysis) is 1. The first-order chi connectivity index (χ1) is 11.1. The number of amides is 1. The first-order valence-corrected chi connectivity index (χ1v) is 7.39. The third kappa shape index (κ3) is 4.84. The highest BCUT2D eigenvalue weighted by Gasteiger charge is 2.22. The molecule has 0 bridgehead atoms. The topological polar surface area (TPSA) is 94.8 Å². The van der Waals surface area contributed by atoms with Gasteiger partial charge < -0.3 is 19.2 Å². The highest BCUT2D eigenvalue weighted by Crippen LogP contribution is 2.19. The van der Waals surface area contributed by atoms with E-state index >= 15 is 0 Å². The lowest BCUT2D eigenvalue weighted by molar-refractivity contribution is -0.136. The Hall–Kier alpha value is -2.83. The molecule has 0 unspecified atom stereocenters. The Morgan fingerprint density at radius 2 is 1.83 bits per heavy atom. The average Bonchev–Trinajstić information content (AvgIpc) is 2.44. The first kappa shape index (κ1) is 17.5. The van der Waals surface area contributed by atoms with Crippen LogP contribution in [0.5, 0.6) is 5.75 Å². The molecule has 0 fully saturated rings. The molecule has 7 nitrogen and oxygen atoms in total. The van der Waals surface area contributed by atoms with Crippen LogP contribution in [0.4, 0.5) is 4.79 Å². The molecule has 2 aromatic rings. The summed E-state index contributed by atoms with van der Waals surface area (Å²) in [7, 11) is 0. The average molecular weight is 333 g/mol. The van der Waals surface area contributed by atoms with Crippen LogP contribution in [0.2, 0.25) is 0 Å². The molecule has 0 saturated heterocycles. The Morgan fingerprint density at radius 3 is 2.50 bits per heavy atom. The monoisotopic (exact) mass is 333 g/mol. The third-order valence-corrected chi connectivity index (χ3v) is 2.90. The van der Waals surface area contributed by atoms with Crippen LogP contribution in [0.1, 0.15) is 27.7 Å². The molecule has 0 aliphatic heterocycles. The largest absolute Gasteiger partial charge is 0.444 e. The maximum atomic E-state index is 12.0. The summed E-state index contributed by atoms with van der Waals surface area (Å²) in [5.41, 5.74) is -0.852. The van der Waals surface area contributed by atoms with Crippen LogP contribution in [0, 0.1) is 0 Å². The van der Waals surface area contributed by atoms with Crippen molar-refractivity contribution in [1.82, 2.24) is 5.32 Å². The zero-order valence-corrected chi connectivity index (χ0v) is 13.9. The summed E-state index contributed by atoms with van der Waals surface area (Å²) in [6, 6.07) is 6.68. The molecule has 0 aliphatic carbocycles. The fourth-order valence-corrected chi connectivity index (χ4v) is 1.85. The predicted octanol–water partition coefficient (Wildman–Crippen LogP) is 2.61. The van der Waals surface area contributed by atoms with E-state index in [1.165, 1.54) is 19.1 Å². The molecular formula is C17H19NO6. The molecule has 24 heavy (non-hydrogen) atoms. The van der Waals surface area contributed by atoms with Crippen molar-refractivity contribution in [3.63, 3.8) is 0 Å². The van der Waals surface area contributed by atoms with Gasteiger partial charge in [-0.15, -0.1) is 0 Å². The van der Waals surface area contributed by atoms with E-state index in [0.717, 1.165) is 0 Å². The number of benzene rings is 1. The smallest absolute Gasteiger partial charge is 0.408 e. The van der Waals surface area contributed by atoms with Crippen molar-refractivity contribution in [3.05, 3.63) is 40.8 Å². The van der Waals surface area contributed by atoms with Crippen molar-refractivity contribution in [2.24, 2.45) is 0 Å². The molecule has 1 atom stereocenters. The van der Waals surface area contributed by atoms with Crippen LogP contribution in [0.3, 0.4) is 0 Å². The minimum absolute atomic E-state index is 0.208. The number of carbonyl (C=O) groups excluding carboxylic acids is 2. The lowest BCUT2D eigenvalue weighted by Crippen LogP contribution is -2.43. The molecule has 1 amide bonds. The highest BCUT2D eigenvalue weighted by molar-refractivity contribution is 5.84. The van der Waals surface area contributed by atoms with Crippen molar-refractivity contribution < 1.29 is 23.5 Å². The van der Waals surface area contributed by atoms with Gasteiger partial charge in [0.2, 0.25) is 0 Å². The van der Waals surface area contributed by atoms with Crippen LogP contribution in [0.25, 0.3) is 11.0 Å². The second kappa shape index (κ2) is 6.74. The van der Waals surface area contributed by atoms with Gasteiger partial charge in [-0.2, -0.15) is 0 Å². The number of carbonyl (C=O) groups is 2. The van der Waals surface area contributed by atoms with Gasteiger partial charge in [-0.1, -0.05) is 0 Å². The van der Waals surface area contributed by atoms with Gasteiger partial charge in [0, 0.05) is 17.5 Å². The predicted molar refractivity (Wildman–Crippen MR) is 87.0 cm³/mol. The Kier molecular flexibility index (Phi) is 4.92. The number of fused-ring (bicyclic) bond motifs is 1. The van der Waals surface area contributed by atoms with Crippen molar-refractivity contribution in [2.75, 3.05) is 0 Å². The zero-order valence-electron chi connectivity index (χ0n) is 13.9. The number of hydrogen-bond acceptors (Lipinski definition) is 6. The fraction of sp³-hybridized carbons (Fsp3) is 0.353. The highest BCUT2D eigenvalue weighted by atomic mass is 16.6. The lowest BCUT2D eigenvalue weighted by Gasteiger charge is -2.21. The normalized spacial score (nSPS) is 12.5. The molecule has 1 N–H and O–H groups in total. The third-order valence-electron chi connectivity index (χ3n) is 2.90. The molecule has 0 saturated carbocycles.